The van der Waals surface area contributed by atoms with E-state index in [9.17, 15) is 8.78 Å². The number of nitrogens with zero attached hydrogens (tertiary/aromatic N) is 3. The molecular formula is C20H20Cl2F2N6S. The summed E-state index contributed by atoms with van der Waals surface area (Å²) in [4.78, 5) is 9.81. The van der Waals surface area contributed by atoms with Crippen LogP contribution in [0.4, 0.5) is 31.8 Å². The van der Waals surface area contributed by atoms with Crippen LogP contribution in [-0.4, -0.2) is 37.2 Å². The number of halogens is 4. The van der Waals surface area contributed by atoms with Crippen LogP contribution in [0.1, 0.15) is 0 Å². The Morgan fingerprint density at radius 1 is 1.06 bits per heavy atom. The zero-order chi connectivity index (χ0) is 22.4. The van der Waals surface area contributed by atoms with Gasteiger partial charge in [-0.1, -0.05) is 23.2 Å². The van der Waals surface area contributed by atoms with E-state index in [-0.39, 0.29) is 10.8 Å². The van der Waals surface area contributed by atoms with Crippen molar-refractivity contribution in [3.63, 3.8) is 0 Å². The Morgan fingerprint density at radius 2 is 1.81 bits per heavy atom. The molecule has 0 atom stereocenters. The van der Waals surface area contributed by atoms with Crippen molar-refractivity contribution in [3.8, 4) is 0 Å². The molecule has 0 aliphatic carbocycles. The lowest BCUT2D eigenvalue weighted by atomic mass is 10.2. The topological polar surface area (TPSA) is 65.1 Å². The van der Waals surface area contributed by atoms with Crippen LogP contribution in [0.2, 0.25) is 10.0 Å². The van der Waals surface area contributed by atoms with E-state index in [0.29, 0.717) is 15.7 Å². The molecule has 11 heteroatoms. The molecule has 3 N–H and O–H groups in total. The molecular weight excluding hydrogens is 465 g/mol. The molecule has 31 heavy (non-hydrogen) atoms. The van der Waals surface area contributed by atoms with Gasteiger partial charge in [0.05, 0.1) is 39.4 Å². The summed E-state index contributed by atoms with van der Waals surface area (Å²) in [6, 6.07) is 8.20. The summed E-state index contributed by atoms with van der Waals surface area (Å²) in [5.74, 6) is -0.900. The summed E-state index contributed by atoms with van der Waals surface area (Å²) in [6.45, 7) is 1.54. The minimum absolute atomic E-state index is 0.152. The highest BCUT2D eigenvalue weighted by molar-refractivity contribution is 8.00. The van der Waals surface area contributed by atoms with Crippen LogP contribution in [0.3, 0.4) is 0 Å². The number of likely N-dealkylation sites (N-methyl/N-ethyl adjacent to an activating group) is 2. The number of hydrogen-bond donors (Lipinski definition) is 3. The smallest absolute Gasteiger partial charge is 0.233 e. The van der Waals surface area contributed by atoms with Gasteiger partial charge in [0.15, 0.2) is 5.82 Å². The Kier molecular flexibility index (Phi) is 8.14. The van der Waals surface area contributed by atoms with Crippen molar-refractivity contribution >= 4 is 58.2 Å². The number of anilines is 4. The van der Waals surface area contributed by atoms with Crippen LogP contribution in [-0.2, 0) is 0 Å². The molecule has 0 unspecified atom stereocenters. The van der Waals surface area contributed by atoms with Crippen molar-refractivity contribution in [3.05, 3.63) is 64.4 Å². The molecule has 1 aromatic heterocycles. The van der Waals surface area contributed by atoms with Crippen molar-refractivity contribution in [1.29, 1.82) is 0 Å². The van der Waals surface area contributed by atoms with E-state index in [1.54, 1.807) is 6.07 Å². The Bertz CT molecular complexity index is 1040. The molecule has 0 aliphatic heterocycles. The second-order valence-corrected chi connectivity index (χ2v) is 8.19. The zero-order valence-electron chi connectivity index (χ0n) is 16.7. The molecule has 0 spiro atoms. The average molecular weight is 485 g/mol. The van der Waals surface area contributed by atoms with Gasteiger partial charge in [-0.05, 0) is 43.3 Å². The lowest BCUT2D eigenvalue weighted by Gasteiger charge is -2.23. The Morgan fingerprint density at radius 3 is 2.52 bits per heavy atom. The fourth-order valence-corrected chi connectivity index (χ4v) is 3.72. The maximum absolute atomic E-state index is 14.7. The lowest BCUT2D eigenvalue weighted by Crippen LogP contribution is -2.27. The third-order valence-corrected chi connectivity index (χ3v) is 5.60. The fraction of sp³-hybridized carbons (Fsp3) is 0.200. The van der Waals surface area contributed by atoms with E-state index in [4.69, 9.17) is 23.2 Å². The van der Waals surface area contributed by atoms with E-state index < -0.39 is 11.6 Å². The van der Waals surface area contributed by atoms with Gasteiger partial charge in [0.25, 0.3) is 0 Å². The minimum Gasteiger partial charge on any atom is -0.372 e. The number of benzene rings is 2. The van der Waals surface area contributed by atoms with Crippen LogP contribution in [0.5, 0.6) is 0 Å². The zero-order valence-corrected chi connectivity index (χ0v) is 19.0. The summed E-state index contributed by atoms with van der Waals surface area (Å²) >= 11 is 13.5. The summed E-state index contributed by atoms with van der Waals surface area (Å²) in [6.07, 6.45) is 2.03. The van der Waals surface area contributed by atoms with Gasteiger partial charge in [-0.25, -0.2) is 18.7 Å². The fourth-order valence-electron chi connectivity index (χ4n) is 2.64. The van der Waals surface area contributed by atoms with Gasteiger partial charge in [-0.2, -0.15) is 0 Å². The van der Waals surface area contributed by atoms with Crippen molar-refractivity contribution in [2.24, 2.45) is 0 Å². The van der Waals surface area contributed by atoms with Crippen LogP contribution in [0, 0.1) is 11.6 Å². The summed E-state index contributed by atoms with van der Waals surface area (Å²) in [7, 11) is 3.82. The Hall–Kier alpha value is -2.33. The molecule has 0 saturated carbocycles. The molecule has 0 radical (unpaired) electrons. The van der Waals surface area contributed by atoms with Crippen LogP contribution in [0.25, 0.3) is 0 Å². The van der Waals surface area contributed by atoms with Gasteiger partial charge >= 0.3 is 0 Å². The molecule has 3 aromatic rings. The highest BCUT2D eigenvalue weighted by Crippen LogP contribution is 2.36. The van der Waals surface area contributed by atoms with E-state index >= 15 is 0 Å². The van der Waals surface area contributed by atoms with Gasteiger partial charge < -0.3 is 15.5 Å². The summed E-state index contributed by atoms with van der Waals surface area (Å²) in [5, 5.41) is 7.20. The van der Waals surface area contributed by atoms with Crippen LogP contribution < -0.4 is 20.3 Å². The summed E-state index contributed by atoms with van der Waals surface area (Å²) in [5.41, 5.74) is 2.00. The number of rotatable bonds is 9. The quantitative estimate of drug-likeness (QED) is 0.342. The highest BCUT2D eigenvalue weighted by Gasteiger charge is 2.14. The third kappa shape index (κ3) is 6.33. The lowest BCUT2D eigenvalue weighted by molar-refractivity contribution is 0.603. The second kappa shape index (κ2) is 10.8. The van der Waals surface area contributed by atoms with Crippen molar-refractivity contribution in [2.75, 3.05) is 42.1 Å². The van der Waals surface area contributed by atoms with E-state index in [1.807, 2.05) is 31.1 Å². The number of nitrogens with one attached hydrogen (secondary N) is 3. The SMILES string of the molecule is CNCCN(C)c1cc(Cl)ccc1Nc1cc(F)c(SNc2ncc(F)cn2)cc1Cl. The average Bonchev–Trinajstić information content (AvgIpc) is 2.75. The molecule has 6 nitrogen and oxygen atoms in total. The maximum Gasteiger partial charge on any atom is 0.233 e. The predicted octanol–water partition coefficient (Wildman–Crippen LogP) is 5.58. The predicted molar refractivity (Wildman–Crippen MR) is 125 cm³/mol. The van der Waals surface area contributed by atoms with Gasteiger partial charge in [-0.15, -0.1) is 0 Å². The molecule has 0 amide bonds. The maximum atomic E-state index is 14.7. The minimum atomic E-state index is -0.557. The number of hydrogen-bond acceptors (Lipinski definition) is 7. The first-order valence-corrected chi connectivity index (χ1v) is 10.8. The molecule has 3 rings (SSSR count). The first-order chi connectivity index (χ1) is 14.9. The van der Waals surface area contributed by atoms with Gasteiger partial charge in [0.2, 0.25) is 5.95 Å². The normalized spacial score (nSPS) is 10.8. The third-order valence-electron chi connectivity index (χ3n) is 4.23. The Balaban J connectivity index is 1.78. The molecule has 0 aliphatic rings. The second-order valence-electron chi connectivity index (χ2n) is 6.50. The molecule has 0 bridgehead atoms. The molecule has 0 fully saturated rings. The summed E-state index contributed by atoms with van der Waals surface area (Å²) < 4.78 is 30.3. The molecule has 2 aromatic carbocycles. The highest BCUT2D eigenvalue weighted by atomic mass is 35.5. The van der Waals surface area contributed by atoms with Crippen molar-refractivity contribution in [1.82, 2.24) is 15.3 Å². The monoisotopic (exact) mass is 484 g/mol. The first kappa shape index (κ1) is 23.3. The molecule has 1 heterocycles. The van der Waals surface area contributed by atoms with Crippen molar-refractivity contribution in [2.45, 2.75) is 4.90 Å². The van der Waals surface area contributed by atoms with E-state index in [2.05, 4.69) is 25.3 Å². The molecule has 164 valence electrons. The van der Waals surface area contributed by atoms with Gasteiger partial charge in [-0.3, -0.25) is 4.72 Å². The van der Waals surface area contributed by atoms with E-state index in [1.165, 1.54) is 12.1 Å². The standard InChI is InChI=1S/C20H20Cl2F2N6S/c1-25-5-6-30(2)18-7-12(21)3-4-16(18)28-17-9-15(24)19(8-14(17)22)31-29-20-26-10-13(23)11-27-20/h3-4,7-11,25,28H,5-6H2,1-2H3,(H,26,27,29). The van der Waals surface area contributed by atoms with Crippen molar-refractivity contribution < 1.29 is 8.78 Å². The van der Waals surface area contributed by atoms with E-state index in [0.717, 1.165) is 48.8 Å². The van der Waals surface area contributed by atoms with Crippen LogP contribution >= 0.6 is 35.1 Å². The number of aromatic nitrogens is 2. The Labute approximate surface area is 193 Å². The first-order valence-electron chi connectivity index (χ1n) is 9.19. The van der Waals surface area contributed by atoms with Crippen LogP contribution in [0.15, 0.2) is 47.6 Å². The largest absolute Gasteiger partial charge is 0.372 e. The van der Waals surface area contributed by atoms with Gasteiger partial charge in [0.1, 0.15) is 5.82 Å². The molecule has 0 saturated heterocycles. The van der Waals surface area contributed by atoms with Gasteiger partial charge in [0, 0.05) is 31.2 Å².